The van der Waals surface area contributed by atoms with Crippen LogP contribution in [0.2, 0.25) is 0 Å². The second-order valence-electron chi connectivity index (χ2n) is 4.39. The van der Waals surface area contributed by atoms with Gasteiger partial charge in [-0.05, 0) is 39.0 Å². The molecule has 0 atom stereocenters. The summed E-state index contributed by atoms with van der Waals surface area (Å²) in [7, 11) is 0. The third kappa shape index (κ3) is 2.00. The molecule has 0 aliphatic heterocycles. The molecule has 0 spiro atoms. The molecule has 0 saturated carbocycles. The molecule has 3 heteroatoms. The molecule has 0 radical (unpaired) electrons. The lowest BCUT2D eigenvalue weighted by Crippen LogP contribution is -2.05. The van der Waals surface area contributed by atoms with Crippen LogP contribution in [0.3, 0.4) is 0 Å². The molecule has 2 rings (SSSR count). The van der Waals surface area contributed by atoms with E-state index in [1.165, 1.54) is 0 Å². The van der Waals surface area contributed by atoms with E-state index in [9.17, 15) is 4.79 Å². The lowest BCUT2D eigenvalue weighted by molar-refractivity contribution is 0.112. The van der Waals surface area contributed by atoms with Crippen LogP contribution in [0.1, 0.15) is 35.9 Å². The maximum Gasteiger partial charge on any atom is 0.151 e. The highest BCUT2D eigenvalue weighted by Gasteiger charge is 2.14. The topological polar surface area (TPSA) is 34.9 Å². The largest absolute Gasteiger partial charge is 0.342 e. The quantitative estimate of drug-likeness (QED) is 0.756. The van der Waals surface area contributed by atoms with Crippen molar-refractivity contribution in [1.82, 2.24) is 9.55 Å². The van der Waals surface area contributed by atoms with Gasteiger partial charge in [0.25, 0.3) is 0 Å². The Kier molecular flexibility index (Phi) is 3.09. The standard InChI is InChI=1S/C14H16N2O/c1-10(2)16-11(3)13(9-17)8-14(16)12-4-6-15-7-5-12/h4-10H,1-3H3. The lowest BCUT2D eigenvalue weighted by Gasteiger charge is -2.15. The van der Waals surface area contributed by atoms with E-state index in [1.54, 1.807) is 12.4 Å². The molecule has 17 heavy (non-hydrogen) atoms. The Morgan fingerprint density at radius 1 is 1.29 bits per heavy atom. The molecule has 0 bridgehead atoms. The van der Waals surface area contributed by atoms with Crippen LogP contribution in [-0.2, 0) is 0 Å². The average Bonchev–Trinajstić information content (AvgIpc) is 2.67. The third-order valence-corrected chi connectivity index (χ3v) is 2.95. The lowest BCUT2D eigenvalue weighted by atomic mass is 10.2. The van der Waals surface area contributed by atoms with Crippen molar-refractivity contribution in [3.05, 3.63) is 41.9 Å². The van der Waals surface area contributed by atoms with Crippen molar-refractivity contribution in [3.63, 3.8) is 0 Å². The number of rotatable bonds is 3. The van der Waals surface area contributed by atoms with Gasteiger partial charge in [0.15, 0.2) is 6.29 Å². The molecule has 2 aromatic heterocycles. The van der Waals surface area contributed by atoms with Gasteiger partial charge in [0, 0.05) is 41.0 Å². The minimum absolute atomic E-state index is 0.326. The van der Waals surface area contributed by atoms with E-state index in [-0.39, 0.29) is 0 Å². The number of carbonyl (C=O) groups excluding carboxylic acids is 1. The van der Waals surface area contributed by atoms with Crippen LogP contribution in [0.25, 0.3) is 11.3 Å². The van der Waals surface area contributed by atoms with E-state index < -0.39 is 0 Å². The van der Waals surface area contributed by atoms with Crippen LogP contribution >= 0.6 is 0 Å². The van der Waals surface area contributed by atoms with E-state index in [4.69, 9.17) is 0 Å². The summed E-state index contributed by atoms with van der Waals surface area (Å²) in [6, 6.07) is 6.19. The van der Waals surface area contributed by atoms with E-state index >= 15 is 0 Å². The normalized spacial score (nSPS) is 10.8. The van der Waals surface area contributed by atoms with Crippen molar-refractivity contribution in [2.45, 2.75) is 26.8 Å². The van der Waals surface area contributed by atoms with E-state index in [1.807, 2.05) is 25.1 Å². The maximum absolute atomic E-state index is 11.0. The number of carbonyl (C=O) groups is 1. The SMILES string of the molecule is Cc1c(C=O)cc(-c2ccncc2)n1C(C)C. The fraction of sp³-hybridized carbons (Fsp3) is 0.286. The molecule has 0 amide bonds. The second-order valence-corrected chi connectivity index (χ2v) is 4.39. The van der Waals surface area contributed by atoms with Gasteiger partial charge in [-0.2, -0.15) is 0 Å². The monoisotopic (exact) mass is 228 g/mol. The van der Waals surface area contributed by atoms with Crippen molar-refractivity contribution in [2.75, 3.05) is 0 Å². The van der Waals surface area contributed by atoms with Gasteiger partial charge in [-0.15, -0.1) is 0 Å². The summed E-state index contributed by atoms with van der Waals surface area (Å²) < 4.78 is 2.18. The van der Waals surface area contributed by atoms with E-state index in [0.29, 0.717) is 6.04 Å². The fourth-order valence-corrected chi connectivity index (χ4v) is 2.17. The van der Waals surface area contributed by atoms with E-state index in [0.717, 1.165) is 28.8 Å². The molecule has 0 aliphatic carbocycles. The second kappa shape index (κ2) is 4.53. The first-order chi connectivity index (χ1) is 8.15. The molecule has 0 fully saturated rings. The number of hydrogen-bond donors (Lipinski definition) is 0. The van der Waals surface area contributed by atoms with Crippen LogP contribution in [0.4, 0.5) is 0 Å². The van der Waals surface area contributed by atoms with Gasteiger partial charge in [0.1, 0.15) is 0 Å². The Labute approximate surface area is 101 Å². The van der Waals surface area contributed by atoms with Crippen molar-refractivity contribution in [1.29, 1.82) is 0 Å². The number of aromatic nitrogens is 2. The summed E-state index contributed by atoms with van der Waals surface area (Å²) >= 11 is 0. The van der Waals surface area contributed by atoms with Gasteiger partial charge < -0.3 is 4.57 Å². The minimum atomic E-state index is 0.326. The first kappa shape index (κ1) is 11.6. The Hall–Kier alpha value is -1.90. The Morgan fingerprint density at radius 3 is 2.47 bits per heavy atom. The first-order valence-corrected chi connectivity index (χ1v) is 5.72. The third-order valence-electron chi connectivity index (χ3n) is 2.95. The van der Waals surface area contributed by atoms with Crippen LogP contribution in [0.5, 0.6) is 0 Å². The molecule has 0 unspecified atom stereocenters. The molecule has 0 saturated heterocycles. The van der Waals surface area contributed by atoms with Crippen LogP contribution in [-0.4, -0.2) is 15.8 Å². The summed E-state index contributed by atoms with van der Waals surface area (Å²) in [6.07, 6.45) is 4.45. The number of nitrogens with zero attached hydrogens (tertiary/aromatic N) is 2. The first-order valence-electron chi connectivity index (χ1n) is 5.72. The van der Waals surface area contributed by atoms with Gasteiger partial charge in [0.05, 0.1) is 0 Å². The highest BCUT2D eigenvalue weighted by Crippen LogP contribution is 2.28. The van der Waals surface area contributed by atoms with Gasteiger partial charge >= 0.3 is 0 Å². The zero-order valence-electron chi connectivity index (χ0n) is 10.3. The molecule has 2 heterocycles. The summed E-state index contributed by atoms with van der Waals surface area (Å²) in [4.78, 5) is 15.0. The van der Waals surface area contributed by atoms with Crippen LogP contribution in [0, 0.1) is 6.92 Å². The van der Waals surface area contributed by atoms with Crippen molar-refractivity contribution < 1.29 is 4.79 Å². The predicted molar refractivity (Wildman–Crippen MR) is 68.2 cm³/mol. The molecular weight excluding hydrogens is 212 g/mol. The molecule has 88 valence electrons. The van der Waals surface area contributed by atoms with Gasteiger partial charge in [-0.1, -0.05) is 0 Å². The molecule has 0 aromatic carbocycles. The average molecular weight is 228 g/mol. The zero-order chi connectivity index (χ0) is 12.4. The Morgan fingerprint density at radius 2 is 1.94 bits per heavy atom. The minimum Gasteiger partial charge on any atom is -0.342 e. The summed E-state index contributed by atoms with van der Waals surface area (Å²) in [5.41, 5.74) is 3.93. The Balaban J connectivity index is 2.65. The predicted octanol–water partition coefficient (Wildman–Crippen LogP) is 3.25. The summed E-state index contributed by atoms with van der Waals surface area (Å²) in [6.45, 7) is 6.22. The van der Waals surface area contributed by atoms with Gasteiger partial charge in [-0.25, -0.2) is 0 Å². The van der Waals surface area contributed by atoms with Gasteiger partial charge in [0.2, 0.25) is 0 Å². The highest BCUT2D eigenvalue weighted by atomic mass is 16.1. The molecule has 2 aromatic rings. The van der Waals surface area contributed by atoms with Crippen LogP contribution in [0.15, 0.2) is 30.6 Å². The van der Waals surface area contributed by atoms with E-state index in [2.05, 4.69) is 23.4 Å². The van der Waals surface area contributed by atoms with Crippen LogP contribution < -0.4 is 0 Å². The van der Waals surface area contributed by atoms with Crippen molar-refractivity contribution in [2.24, 2.45) is 0 Å². The maximum atomic E-state index is 11.0. The summed E-state index contributed by atoms with van der Waals surface area (Å²) in [5.74, 6) is 0. The van der Waals surface area contributed by atoms with Crippen molar-refractivity contribution >= 4 is 6.29 Å². The molecule has 3 nitrogen and oxygen atoms in total. The van der Waals surface area contributed by atoms with Gasteiger partial charge in [-0.3, -0.25) is 9.78 Å². The number of pyridine rings is 1. The smallest absolute Gasteiger partial charge is 0.151 e. The summed E-state index contributed by atoms with van der Waals surface area (Å²) in [5, 5.41) is 0. The zero-order valence-corrected chi connectivity index (χ0v) is 10.3. The van der Waals surface area contributed by atoms with Crippen molar-refractivity contribution in [3.8, 4) is 11.3 Å². The molecule has 0 N–H and O–H groups in total. The number of hydrogen-bond acceptors (Lipinski definition) is 2. The Bertz CT molecular complexity index is 527. The number of aldehydes is 1. The fourth-order valence-electron chi connectivity index (χ4n) is 2.17. The molecular formula is C14H16N2O. The molecule has 0 aliphatic rings. The highest BCUT2D eigenvalue weighted by molar-refractivity contribution is 5.81.